The van der Waals surface area contributed by atoms with Gasteiger partial charge in [0.15, 0.2) is 11.5 Å². The van der Waals surface area contributed by atoms with Crippen LogP contribution in [0.3, 0.4) is 0 Å². The summed E-state index contributed by atoms with van der Waals surface area (Å²) in [5.74, 6) is 1.85. The van der Waals surface area contributed by atoms with Crippen LogP contribution in [0.1, 0.15) is 18.4 Å². The van der Waals surface area contributed by atoms with Crippen LogP contribution in [0.2, 0.25) is 0 Å². The number of aromatic amines is 1. The Morgan fingerprint density at radius 3 is 2.63 bits per heavy atom. The molecule has 0 saturated carbocycles. The number of nitrogens with zero attached hydrogens (tertiary/aromatic N) is 2. The van der Waals surface area contributed by atoms with Crippen molar-refractivity contribution in [1.29, 1.82) is 0 Å². The quantitative estimate of drug-likeness (QED) is 0.540. The zero-order valence-electron chi connectivity index (χ0n) is 19.8. The number of fused-ring (bicyclic) bond motifs is 2. The Bertz CT molecular complexity index is 1270. The van der Waals surface area contributed by atoms with Crippen molar-refractivity contribution in [2.75, 3.05) is 51.8 Å². The fraction of sp³-hybridized carbons (Fsp3) is 0.385. The number of likely N-dealkylation sites (tertiary alicyclic amines) is 1. The second-order valence-electron chi connectivity index (χ2n) is 8.81. The van der Waals surface area contributed by atoms with E-state index in [1.54, 1.807) is 30.2 Å². The van der Waals surface area contributed by atoms with Gasteiger partial charge < -0.3 is 34.3 Å². The monoisotopic (exact) mass is 478 g/mol. The number of aromatic nitrogens is 1. The van der Waals surface area contributed by atoms with E-state index in [9.17, 15) is 9.59 Å². The molecule has 0 spiro atoms. The molecule has 3 heterocycles. The number of carbonyl (C=O) groups is 1. The minimum absolute atomic E-state index is 0.175. The van der Waals surface area contributed by atoms with Crippen LogP contribution < -0.4 is 25.1 Å². The fourth-order valence-electron chi connectivity index (χ4n) is 4.57. The molecule has 9 heteroatoms. The number of pyridine rings is 1. The van der Waals surface area contributed by atoms with E-state index in [2.05, 4.69) is 15.2 Å². The lowest BCUT2D eigenvalue weighted by Crippen LogP contribution is -2.41. The maximum atomic E-state index is 13.3. The molecule has 0 aliphatic carbocycles. The van der Waals surface area contributed by atoms with Crippen molar-refractivity contribution >= 4 is 22.6 Å². The largest absolute Gasteiger partial charge is 0.495 e. The van der Waals surface area contributed by atoms with Crippen molar-refractivity contribution < 1.29 is 19.0 Å². The maximum Gasteiger partial charge on any atom is 0.322 e. The summed E-state index contributed by atoms with van der Waals surface area (Å²) in [4.78, 5) is 33.3. The second kappa shape index (κ2) is 10.3. The van der Waals surface area contributed by atoms with Crippen LogP contribution in [-0.4, -0.2) is 67.3 Å². The summed E-state index contributed by atoms with van der Waals surface area (Å²) in [5.41, 5.74) is 1.53. The number of amides is 2. The van der Waals surface area contributed by atoms with Crippen molar-refractivity contribution in [3.8, 4) is 17.2 Å². The molecular formula is C26H30N4O5. The van der Waals surface area contributed by atoms with Crippen LogP contribution >= 0.6 is 0 Å². The molecule has 0 bridgehead atoms. The van der Waals surface area contributed by atoms with Crippen molar-refractivity contribution in [1.82, 2.24) is 14.8 Å². The number of rotatable bonds is 7. The molecule has 2 aliphatic rings. The molecule has 2 amide bonds. The molecule has 0 radical (unpaired) electrons. The van der Waals surface area contributed by atoms with E-state index in [1.807, 2.05) is 24.3 Å². The molecule has 2 aliphatic heterocycles. The summed E-state index contributed by atoms with van der Waals surface area (Å²) >= 11 is 0. The molecule has 1 saturated heterocycles. The van der Waals surface area contributed by atoms with Gasteiger partial charge in [0.05, 0.1) is 24.9 Å². The Morgan fingerprint density at radius 1 is 1.11 bits per heavy atom. The van der Waals surface area contributed by atoms with Gasteiger partial charge in [0, 0.05) is 30.1 Å². The summed E-state index contributed by atoms with van der Waals surface area (Å²) in [6.45, 7) is 4.46. The lowest BCUT2D eigenvalue weighted by atomic mass is 10.1. The zero-order valence-corrected chi connectivity index (χ0v) is 19.8. The number of anilines is 1. The van der Waals surface area contributed by atoms with Crippen LogP contribution in [-0.2, 0) is 6.54 Å². The van der Waals surface area contributed by atoms with Crippen molar-refractivity contribution in [2.45, 2.75) is 19.4 Å². The SMILES string of the molecule is COc1ccccc1NC(=O)N(CCN1CCCC1)Cc1cc2cc3c(cc2[nH]c1=O)OCCO3. The maximum absolute atomic E-state index is 13.3. The van der Waals surface area contributed by atoms with E-state index in [1.165, 1.54) is 12.8 Å². The first-order chi connectivity index (χ1) is 17.1. The predicted molar refractivity (Wildman–Crippen MR) is 134 cm³/mol. The highest BCUT2D eigenvalue weighted by molar-refractivity contribution is 5.91. The van der Waals surface area contributed by atoms with Gasteiger partial charge in [0.25, 0.3) is 5.56 Å². The van der Waals surface area contributed by atoms with Crippen LogP contribution in [0.5, 0.6) is 17.2 Å². The van der Waals surface area contributed by atoms with Gasteiger partial charge in [-0.3, -0.25) is 4.79 Å². The number of carbonyl (C=O) groups excluding carboxylic acids is 1. The number of nitrogens with one attached hydrogen (secondary N) is 2. The highest BCUT2D eigenvalue weighted by Crippen LogP contribution is 2.33. The second-order valence-corrected chi connectivity index (χ2v) is 8.81. The molecule has 35 heavy (non-hydrogen) atoms. The number of hydrogen-bond donors (Lipinski definition) is 2. The van der Waals surface area contributed by atoms with Crippen LogP contribution in [0.15, 0.2) is 47.3 Å². The number of para-hydroxylation sites is 2. The third-order valence-electron chi connectivity index (χ3n) is 6.47. The standard InChI is InChI=1S/C26H30N4O5/c1-33-22-7-3-2-6-20(22)28-26(32)30(11-10-29-8-4-5-9-29)17-19-14-18-15-23-24(35-13-12-34-23)16-21(18)27-25(19)31/h2-3,6-7,14-16H,4-5,8-13,17H2,1H3,(H,27,31)(H,28,32). The molecule has 9 nitrogen and oxygen atoms in total. The summed E-state index contributed by atoms with van der Waals surface area (Å²) in [7, 11) is 1.57. The normalized spacial score (nSPS) is 15.2. The number of methoxy groups -OCH3 is 1. The summed E-state index contributed by atoms with van der Waals surface area (Å²) in [6.07, 6.45) is 2.35. The van der Waals surface area contributed by atoms with Gasteiger partial charge in [-0.1, -0.05) is 12.1 Å². The number of benzene rings is 2. The fourth-order valence-corrected chi connectivity index (χ4v) is 4.57. The van der Waals surface area contributed by atoms with Gasteiger partial charge in [-0.25, -0.2) is 4.79 Å². The van der Waals surface area contributed by atoms with Gasteiger partial charge >= 0.3 is 6.03 Å². The Morgan fingerprint density at radius 2 is 1.86 bits per heavy atom. The molecule has 3 aromatic rings. The topological polar surface area (TPSA) is 96.1 Å². The molecule has 2 aromatic carbocycles. The first kappa shape index (κ1) is 23.0. The summed E-state index contributed by atoms with van der Waals surface area (Å²) in [5, 5.41) is 3.78. The average molecular weight is 479 g/mol. The minimum Gasteiger partial charge on any atom is -0.495 e. The Kier molecular flexibility index (Phi) is 6.76. The molecular weight excluding hydrogens is 448 g/mol. The van der Waals surface area contributed by atoms with E-state index in [-0.39, 0.29) is 18.1 Å². The number of ether oxygens (including phenoxy) is 3. The van der Waals surface area contributed by atoms with Crippen LogP contribution in [0, 0.1) is 0 Å². The first-order valence-corrected chi connectivity index (χ1v) is 12.0. The van der Waals surface area contributed by atoms with Gasteiger partial charge in [0.1, 0.15) is 19.0 Å². The number of hydrogen-bond acceptors (Lipinski definition) is 6. The van der Waals surface area contributed by atoms with Gasteiger partial charge in [0.2, 0.25) is 0 Å². The van der Waals surface area contributed by atoms with E-state index < -0.39 is 0 Å². The Hall–Kier alpha value is -3.72. The smallest absolute Gasteiger partial charge is 0.322 e. The van der Waals surface area contributed by atoms with Crippen LogP contribution in [0.25, 0.3) is 10.9 Å². The molecule has 1 aromatic heterocycles. The molecule has 0 unspecified atom stereocenters. The van der Waals surface area contributed by atoms with Crippen LogP contribution in [0.4, 0.5) is 10.5 Å². The third kappa shape index (κ3) is 5.19. The Labute approximate surface area is 203 Å². The molecule has 0 atom stereocenters. The minimum atomic E-state index is -0.282. The Balaban J connectivity index is 1.41. The third-order valence-corrected chi connectivity index (χ3v) is 6.47. The summed E-state index contributed by atoms with van der Waals surface area (Å²) < 4.78 is 16.7. The van der Waals surface area contributed by atoms with E-state index >= 15 is 0 Å². The lowest BCUT2D eigenvalue weighted by molar-refractivity contribution is 0.172. The lowest BCUT2D eigenvalue weighted by Gasteiger charge is -2.26. The highest BCUT2D eigenvalue weighted by atomic mass is 16.6. The van der Waals surface area contributed by atoms with Crippen molar-refractivity contribution in [3.05, 3.63) is 58.4 Å². The zero-order chi connectivity index (χ0) is 24.2. The number of H-pyrrole nitrogens is 1. The van der Waals surface area contributed by atoms with E-state index in [4.69, 9.17) is 14.2 Å². The summed E-state index contributed by atoms with van der Waals surface area (Å²) in [6, 6.07) is 12.5. The molecule has 5 rings (SSSR count). The highest BCUT2D eigenvalue weighted by Gasteiger charge is 2.21. The van der Waals surface area contributed by atoms with Crippen molar-refractivity contribution in [3.63, 3.8) is 0 Å². The van der Waals surface area contributed by atoms with E-state index in [0.717, 1.165) is 25.0 Å². The predicted octanol–water partition coefficient (Wildman–Crippen LogP) is 3.44. The van der Waals surface area contributed by atoms with Gasteiger partial charge in [-0.2, -0.15) is 0 Å². The van der Waals surface area contributed by atoms with Gasteiger partial charge in [-0.05, 0) is 50.2 Å². The molecule has 2 N–H and O–H groups in total. The average Bonchev–Trinajstić information content (AvgIpc) is 3.39. The molecule has 184 valence electrons. The first-order valence-electron chi connectivity index (χ1n) is 12.0. The van der Waals surface area contributed by atoms with Gasteiger partial charge in [-0.15, -0.1) is 0 Å². The molecule has 1 fully saturated rings. The number of urea groups is 1. The van der Waals surface area contributed by atoms with E-state index in [0.29, 0.717) is 53.8 Å². The van der Waals surface area contributed by atoms with Crippen molar-refractivity contribution in [2.24, 2.45) is 0 Å².